The Morgan fingerprint density at radius 3 is 2.52 bits per heavy atom. The third-order valence-electron chi connectivity index (χ3n) is 4.92. The van der Waals surface area contributed by atoms with Crippen LogP contribution in [0.4, 0.5) is 15.8 Å². The quantitative estimate of drug-likeness (QED) is 0.431. The molecule has 0 aliphatic rings. The molecule has 10 heteroatoms. The summed E-state index contributed by atoms with van der Waals surface area (Å²) in [4.78, 5) is 12.6. The SMILES string of the molecule is Cc1ccc(S(=O)(=O)Nc2cccc(C(=O)Nc3cc(-c4nnco4)ccc3C)c2)cc1F. The number of carbonyl (C=O) groups is 1. The lowest BCUT2D eigenvalue weighted by atomic mass is 10.1. The predicted molar refractivity (Wildman–Crippen MR) is 121 cm³/mol. The van der Waals surface area contributed by atoms with Crippen molar-refractivity contribution in [2.24, 2.45) is 0 Å². The molecule has 1 amide bonds. The van der Waals surface area contributed by atoms with Crippen LogP contribution in [0.25, 0.3) is 11.5 Å². The van der Waals surface area contributed by atoms with Gasteiger partial charge in [-0.15, -0.1) is 10.2 Å². The standard InChI is InChI=1S/C23H19FN4O4S/c1-14-7-9-19(12-20(14)24)33(30,31)28-18-5-3-4-16(10-18)22(29)26-21-11-17(8-6-15(21)2)23-27-25-13-32-23/h3-13,28H,1-2H3,(H,26,29). The maximum atomic E-state index is 13.8. The first-order valence-corrected chi connectivity index (χ1v) is 11.3. The number of benzene rings is 3. The van der Waals surface area contributed by atoms with E-state index in [-0.39, 0.29) is 16.1 Å². The fourth-order valence-corrected chi connectivity index (χ4v) is 4.12. The third kappa shape index (κ3) is 4.90. The summed E-state index contributed by atoms with van der Waals surface area (Å²) in [5.41, 5.74) is 2.72. The van der Waals surface area contributed by atoms with E-state index in [2.05, 4.69) is 20.2 Å². The van der Waals surface area contributed by atoms with Crippen molar-refractivity contribution in [3.8, 4) is 11.5 Å². The Hall–Kier alpha value is -4.05. The van der Waals surface area contributed by atoms with Gasteiger partial charge >= 0.3 is 0 Å². The van der Waals surface area contributed by atoms with Crippen molar-refractivity contribution in [2.45, 2.75) is 18.7 Å². The molecule has 1 aromatic heterocycles. The van der Waals surface area contributed by atoms with Gasteiger partial charge < -0.3 is 9.73 Å². The van der Waals surface area contributed by atoms with Crippen LogP contribution < -0.4 is 10.0 Å². The molecule has 4 aromatic rings. The fourth-order valence-electron chi connectivity index (χ4n) is 3.06. The number of anilines is 2. The summed E-state index contributed by atoms with van der Waals surface area (Å²) in [5, 5.41) is 10.3. The number of amides is 1. The number of hydrogen-bond acceptors (Lipinski definition) is 6. The van der Waals surface area contributed by atoms with Gasteiger partial charge in [-0.25, -0.2) is 12.8 Å². The Bertz CT molecular complexity index is 1440. The van der Waals surface area contributed by atoms with E-state index >= 15 is 0 Å². The van der Waals surface area contributed by atoms with E-state index in [0.717, 1.165) is 11.6 Å². The van der Waals surface area contributed by atoms with Crippen LogP contribution in [0.5, 0.6) is 0 Å². The number of sulfonamides is 1. The second-order valence-corrected chi connectivity index (χ2v) is 9.01. The van der Waals surface area contributed by atoms with Gasteiger partial charge in [0.25, 0.3) is 15.9 Å². The van der Waals surface area contributed by atoms with Crippen LogP contribution >= 0.6 is 0 Å². The van der Waals surface area contributed by atoms with E-state index in [1.165, 1.54) is 30.7 Å². The molecule has 0 aliphatic heterocycles. The molecule has 0 saturated carbocycles. The van der Waals surface area contributed by atoms with Crippen LogP contribution in [-0.2, 0) is 10.0 Å². The van der Waals surface area contributed by atoms with Gasteiger partial charge in [0.2, 0.25) is 12.3 Å². The highest BCUT2D eigenvalue weighted by atomic mass is 32.2. The van der Waals surface area contributed by atoms with Crippen LogP contribution in [0.15, 0.2) is 76.4 Å². The van der Waals surface area contributed by atoms with Crippen LogP contribution in [0.2, 0.25) is 0 Å². The molecule has 168 valence electrons. The van der Waals surface area contributed by atoms with E-state index in [9.17, 15) is 17.6 Å². The number of nitrogens with zero attached hydrogens (tertiary/aromatic N) is 2. The van der Waals surface area contributed by atoms with Gasteiger partial charge in [-0.05, 0) is 67.4 Å². The molecule has 0 bridgehead atoms. The van der Waals surface area contributed by atoms with Gasteiger partial charge in [0.1, 0.15) is 5.82 Å². The molecule has 8 nitrogen and oxygen atoms in total. The largest absolute Gasteiger partial charge is 0.423 e. The fraction of sp³-hybridized carbons (Fsp3) is 0.0870. The van der Waals surface area contributed by atoms with Crippen molar-refractivity contribution in [1.82, 2.24) is 10.2 Å². The Balaban J connectivity index is 1.55. The molecule has 33 heavy (non-hydrogen) atoms. The summed E-state index contributed by atoms with van der Waals surface area (Å²) in [6.07, 6.45) is 1.21. The van der Waals surface area contributed by atoms with Crippen LogP contribution in [0, 0.1) is 19.7 Å². The van der Waals surface area contributed by atoms with E-state index in [4.69, 9.17) is 4.42 Å². The zero-order chi connectivity index (χ0) is 23.6. The Labute approximate surface area is 189 Å². The highest BCUT2D eigenvalue weighted by molar-refractivity contribution is 7.92. The average Bonchev–Trinajstić information content (AvgIpc) is 3.32. The average molecular weight is 466 g/mol. The van der Waals surface area contributed by atoms with E-state index < -0.39 is 21.7 Å². The summed E-state index contributed by atoms with van der Waals surface area (Å²) in [6.45, 7) is 3.37. The summed E-state index contributed by atoms with van der Waals surface area (Å²) >= 11 is 0. The monoisotopic (exact) mass is 466 g/mol. The van der Waals surface area contributed by atoms with E-state index in [0.29, 0.717) is 22.7 Å². The Kier molecular flexibility index (Phi) is 5.93. The number of halogens is 1. The van der Waals surface area contributed by atoms with Crippen molar-refractivity contribution in [1.29, 1.82) is 0 Å². The van der Waals surface area contributed by atoms with Crippen molar-refractivity contribution < 1.29 is 22.0 Å². The van der Waals surface area contributed by atoms with Crippen LogP contribution in [0.3, 0.4) is 0 Å². The molecule has 0 saturated heterocycles. The van der Waals surface area contributed by atoms with Gasteiger partial charge in [0.15, 0.2) is 0 Å². The summed E-state index contributed by atoms with van der Waals surface area (Å²) in [5.74, 6) is -0.748. The normalized spacial score (nSPS) is 11.2. The topological polar surface area (TPSA) is 114 Å². The number of nitrogens with one attached hydrogen (secondary N) is 2. The lowest BCUT2D eigenvalue weighted by Crippen LogP contribution is -2.16. The second kappa shape index (κ2) is 8.83. The number of aryl methyl sites for hydroxylation is 2. The first-order valence-electron chi connectivity index (χ1n) is 9.80. The molecule has 0 unspecified atom stereocenters. The molecule has 0 spiro atoms. The first kappa shape index (κ1) is 22.2. The molecule has 0 radical (unpaired) electrons. The summed E-state index contributed by atoms with van der Waals surface area (Å²) in [6, 6.07) is 15.0. The summed E-state index contributed by atoms with van der Waals surface area (Å²) < 4.78 is 46.7. The molecular formula is C23H19FN4O4S. The number of aromatic nitrogens is 2. The molecule has 1 heterocycles. The van der Waals surface area contributed by atoms with Gasteiger partial charge in [0.05, 0.1) is 4.90 Å². The molecule has 2 N–H and O–H groups in total. The minimum atomic E-state index is -4.04. The Morgan fingerprint density at radius 1 is 1.00 bits per heavy atom. The molecule has 0 atom stereocenters. The van der Waals surface area contributed by atoms with E-state index in [1.54, 1.807) is 37.3 Å². The van der Waals surface area contributed by atoms with Crippen LogP contribution in [0.1, 0.15) is 21.5 Å². The minimum absolute atomic E-state index is 0.167. The molecule has 4 rings (SSSR count). The van der Waals surface area contributed by atoms with Gasteiger partial charge in [-0.1, -0.05) is 18.2 Å². The second-order valence-electron chi connectivity index (χ2n) is 7.33. The van der Waals surface area contributed by atoms with Crippen molar-refractivity contribution in [2.75, 3.05) is 10.0 Å². The number of rotatable bonds is 6. The number of carbonyl (C=O) groups excluding carboxylic acids is 1. The van der Waals surface area contributed by atoms with Crippen LogP contribution in [-0.4, -0.2) is 24.5 Å². The molecule has 3 aromatic carbocycles. The highest BCUT2D eigenvalue weighted by Gasteiger charge is 2.17. The van der Waals surface area contributed by atoms with Crippen molar-refractivity contribution in [3.05, 3.63) is 89.6 Å². The van der Waals surface area contributed by atoms with E-state index in [1.807, 2.05) is 6.92 Å². The first-order chi connectivity index (χ1) is 15.7. The lowest BCUT2D eigenvalue weighted by Gasteiger charge is -2.12. The smallest absolute Gasteiger partial charge is 0.261 e. The summed E-state index contributed by atoms with van der Waals surface area (Å²) in [7, 11) is -4.04. The molecular weight excluding hydrogens is 447 g/mol. The van der Waals surface area contributed by atoms with Crippen molar-refractivity contribution in [3.63, 3.8) is 0 Å². The van der Waals surface area contributed by atoms with Gasteiger partial charge in [-0.3, -0.25) is 9.52 Å². The third-order valence-corrected chi connectivity index (χ3v) is 6.30. The van der Waals surface area contributed by atoms with Gasteiger partial charge in [0, 0.05) is 22.5 Å². The molecule has 0 fully saturated rings. The highest BCUT2D eigenvalue weighted by Crippen LogP contribution is 2.25. The zero-order valence-electron chi connectivity index (χ0n) is 17.7. The molecule has 0 aliphatic carbocycles. The maximum Gasteiger partial charge on any atom is 0.261 e. The minimum Gasteiger partial charge on any atom is -0.423 e. The zero-order valence-corrected chi connectivity index (χ0v) is 18.5. The van der Waals surface area contributed by atoms with Gasteiger partial charge in [-0.2, -0.15) is 0 Å². The lowest BCUT2D eigenvalue weighted by molar-refractivity contribution is 0.102. The predicted octanol–water partition coefficient (Wildman–Crippen LogP) is 4.55. The number of hydrogen-bond donors (Lipinski definition) is 2. The van der Waals surface area contributed by atoms with Crippen molar-refractivity contribution >= 4 is 27.3 Å². The maximum absolute atomic E-state index is 13.8. The Morgan fingerprint density at radius 2 is 1.79 bits per heavy atom.